The van der Waals surface area contributed by atoms with E-state index in [9.17, 15) is 18.7 Å². The van der Waals surface area contributed by atoms with Crippen LogP contribution in [0.3, 0.4) is 0 Å². The van der Waals surface area contributed by atoms with Crippen LogP contribution in [0.25, 0.3) is 33.3 Å². The van der Waals surface area contributed by atoms with E-state index in [2.05, 4.69) is 10.1 Å². The summed E-state index contributed by atoms with van der Waals surface area (Å²) < 4.78 is 33.4. The van der Waals surface area contributed by atoms with Crippen LogP contribution in [0.2, 0.25) is 0 Å². The van der Waals surface area contributed by atoms with Gasteiger partial charge in [0.2, 0.25) is 0 Å². The smallest absolute Gasteiger partial charge is 0.303 e. The maximum atomic E-state index is 13.9. The van der Waals surface area contributed by atoms with E-state index < -0.39 is 24.4 Å². The number of phosphoric acid groups is 1. The van der Waals surface area contributed by atoms with Crippen molar-refractivity contribution >= 4 is 18.7 Å². The number of aromatic nitrogens is 3. The molecule has 9 heteroatoms. The quantitative estimate of drug-likeness (QED) is 0.271. The van der Waals surface area contributed by atoms with Gasteiger partial charge in [0.1, 0.15) is 5.82 Å². The van der Waals surface area contributed by atoms with E-state index >= 15 is 0 Å². The molecule has 196 valence electrons. The van der Waals surface area contributed by atoms with Crippen molar-refractivity contribution in [2.24, 2.45) is 10.8 Å². The molecule has 0 bridgehead atoms. The van der Waals surface area contributed by atoms with Gasteiger partial charge >= 0.3 is 7.82 Å². The molecule has 2 aromatic carbocycles. The molecule has 0 radical (unpaired) electrons. The summed E-state index contributed by atoms with van der Waals surface area (Å²) in [5, 5.41) is 5.39. The van der Waals surface area contributed by atoms with Crippen LogP contribution in [-0.4, -0.2) is 24.6 Å². The van der Waals surface area contributed by atoms with Gasteiger partial charge in [-0.1, -0.05) is 53.7 Å². The molecule has 0 spiro atoms. The van der Waals surface area contributed by atoms with E-state index in [1.54, 1.807) is 36.1 Å². The summed E-state index contributed by atoms with van der Waals surface area (Å²) in [6.07, 6.45) is 3.38. The highest BCUT2D eigenvalue weighted by atomic mass is 31.2. The van der Waals surface area contributed by atoms with Crippen LogP contribution < -0.4 is 0 Å². The van der Waals surface area contributed by atoms with Crippen molar-refractivity contribution < 1.29 is 23.3 Å². The Labute approximate surface area is 216 Å². The van der Waals surface area contributed by atoms with Crippen LogP contribution in [-0.2, 0) is 14.8 Å². The topological polar surface area (TPSA) is 97.5 Å². The zero-order valence-corrected chi connectivity index (χ0v) is 23.0. The molecule has 37 heavy (non-hydrogen) atoms. The summed E-state index contributed by atoms with van der Waals surface area (Å²) in [6, 6.07) is 14.5. The highest BCUT2D eigenvalue weighted by Gasteiger charge is 2.58. The number of benzene rings is 2. The van der Waals surface area contributed by atoms with Crippen molar-refractivity contribution in [2.45, 2.75) is 54.2 Å². The first-order valence-electron chi connectivity index (χ1n) is 12.0. The minimum atomic E-state index is -4.90. The standard InChI is InChI=1S/C28H33FN3O4P/c1-18-15-20(10-12-23(18)29)25-22(9-8-14-30-25)19-11-13-24-21(16-19)17-31-32(24)28(26(2,3)4,27(5,6)7)36-37(33,34)35/h8-17H,1-7H3,(H2,33,34,35). The fraction of sp³-hybridized carbons (Fsp3) is 0.357. The predicted octanol–water partition coefficient (Wildman–Crippen LogP) is 7.07. The van der Waals surface area contributed by atoms with Crippen LogP contribution in [0.4, 0.5) is 4.39 Å². The lowest BCUT2D eigenvalue weighted by molar-refractivity contribution is -0.195. The molecular formula is C28H33FN3O4P. The average molecular weight is 526 g/mol. The molecule has 4 rings (SSSR count). The van der Waals surface area contributed by atoms with Gasteiger partial charge in [-0.25, -0.2) is 13.6 Å². The number of pyridine rings is 1. The van der Waals surface area contributed by atoms with Gasteiger partial charge in [-0.3, -0.25) is 9.51 Å². The Morgan fingerprint density at radius 2 is 1.59 bits per heavy atom. The second kappa shape index (κ2) is 9.14. The summed E-state index contributed by atoms with van der Waals surface area (Å²) >= 11 is 0. The number of rotatable bonds is 5. The maximum absolute atomic E-state index is 13.9. The molecule has 2 aromatic heterocycles. The highest BCUT2D eigenvalue weighted by molar-refractivity contribution is 7.46. The maximum Gasteiger partial charge on any atom is 0.471 e. The molecule has 0 atom stereocenters. The van der Waals surface area contributed by atoms with Gasteiger partial charge in [-0.05, 0) is 54.4 Å². The molecule has 4 aromatic rings. The van der Waals surface area contributed by atoms with Gasteiger partial charge < -0.3 is 9.79 Å². The van der Waals surface area contributed by atoms with Crippen molar-refractivity contribution in [1.29, 1.82) is 0 Å². The summed E-state index contributed by atoms with van der Waals surface area (Å²) in [4.78, 5) is 24.4. The Morgan fingerprint density at radius 3 is 2.19 bits per heavy atom. The molecule has 7 nitrogen and oxygen atoms in total. The Morgan fingerprint density at radius 1 is 0.946 bits per heavy atom. The van der Waals surface area contributed by atoms with E-state index in [-0.39, 0.29) is 5.82 Å². The normalized spacial score (nSPS) is 13.4. The molecule has 2 heterocycles. The van der Waals surface area contributed by atoms with Crippen molar-refractivity contribution in [3.63, 3.8) is 0 Å². The van der Waals surface area contributed by atoms with Gasteiger partial charge in [-0.15, -0.1) is 0 Å². The molecule has 2 N–H and O–H groups in total. The number of hydrogen-bond donors (Lipinski definition) is 2. The Kier molecular flexibility index (Phi) is 6.70. The van der Waals surface area contributed by atoms with Crippen LogP contribution in [0, 0.1) is 23.6 Å². The Bertz CT molecular complexity index is 1500. The number of phosphoric ester groups is 1. The zero-order valence-electron chi connectivity index (χ0n) is 22.2. The minimum absolute atomic E-state index is 0.270. The molecule has 0 aliphatic rings. The van der Waals surface area contributed by atoms with E-state index in [0.717, 1.165) is 27.8 Å². The molecule has 0 saturated carbocycles. The van der Waals surface area contributed by atoms with Crippen LogP contribution >= 0.6 is 7.82 Å². The lowest BCUT2D eigenvalue weighted by atomic mass is 9.68. The first kappa shape index (κ1) is 27.1. The van der Waals surface area contributed by atoms with Crippen molar-refractivity contribution in [1.82, 2.24) is 14.8 Å². The Hall–Kier alpha value is -2.90. The van der Waals surface area contributed by atoms with E-state index in [0.29, 0.717) is 11.1 Å². The number of hydrogen-bond acceptors (Lipinski definition) is 4. The van der Waals surface area contributed by atoms with Crippen LogP contribution in [0.1, 0.15) is 47.1 Å². The second-order valence-electron chi connectivity index (χ2n) is 11.4. The van der Waals surface area contributed by atoms with E-state index in [1.165, 1.54) is 6.07 Å². The Balaban J connectivity index is 1.92. The van der Waals surface area contributed by atoms with E-state index in [4.69, 9.17) is 4.52 Å². The lowest BCUT2D eigenvalue weighted by Crippen LogP contribution is -2.56. The number of nitrogens with zero attached hydrogens (tertiary/aromatic N) is 3. The third kappa shape index (κ3) is 4.87. The van der Waals surface area contributed by atoms with E-state index in [1.807, 2.05) is 71.9 Å². The lowest BCUT2D eigenvalue weighted by Gasteiger charge is -2.52. The first-order valence-corrected chi connectivity index (χ1v) is 13.5. The summed E-state index contributed by atoms with van der Waals surface area (Å²) in [6.45, 7) is 13.0. The SMILES string of the molecule is Cc1cc(-c2ncccc2-c2ccc3c(cnn3C(OP(=O)(O)O)(C(C)(C)C)C(C)(C)C)c2)ccc1F. The number of aryl methyl sites for hydroxylation is 1. The average Bonchev–Trinajstić information content (AvgIpc) is 3.20. The molecule has 0 fully saturated rings. The van der Waals surface area contributed by atoms with Crippen molar-refractivity contribution in [2.75, 3.05) is 0 Å². The molecule has 0 saturated heterocycles. The third-order valence-electron chi connectivity index (χ3n) is 6.70. The molecule has 0 amide bonds. The fourth-order valence-corrected chi connectivity index (χ4v) is 6.33. The van der Waals surface area contributed by atoms with Crippen molar-refractivity contribution in [3.8, 4) is 22.4 Å². The molecule has 0 aliphatic carbocycles. The van der Waals surface area contributed by atoms with Crippen LogP contribution in [0.5, 0.6) is 0 Å². The third-order valence-corrected chi connectivity index (χ3v) is 7.20. The summed E-state index contributed by atoms with van der Waals surface area (Å²) in [5.41, 5.74) is 1.51. The summed E-state index contributed by atoms with van der Waals surface area (Å²) in [5.74, 6) is -0.270. The minimum Gasteiger partial charge on any atom is -0.303 e. The monoisotopic (exact) mass is 525 g/mol. The molecular weight excluding hydrogens is 492 g/mol. The van der Waals surface area contributed by atoms with Crippen molar-refractivity contribution in [3.05, 3.63) is 72.3 Å². The highest BCUT2D eigenvalue weighted by Crippen LogP contribution is 2.58. The first-order chi connectivity index (χ1) is 17.0. The van der Waals surface area contributed by atoms with Gasteiger partial charge in [-0.2, -0.15) is 5.10 Å². The predicted molar refractivity (Wildman–Crippen MR) is 143 cm³/mol. The zero-order chi connectivity index (χ0) is 27.4. The molecule has 0 aliphatic heterocycles. The second-order valence-corrected chi connectivity index (χ2v) is 12.6. The summed E-state index contributed by atoms with van der Waals surface area (Å²) in [7, 11) is -4.90. The molecule has 0 unspecified atom stereocenters. The van der Waals surface area contributed by atoms with Gasteiger partial charge in [0.25, 0.3) is 0 Å². The van der Waals surface area contributed by atoms with Gasteiger partial charge in [0.05, 0.1) is 17.4 Å². The largest absolute Gasteiger partial charge is 0.471 e. The van der Waals surface area contributed by atoms with Crippen LogP contribution in [0.15, 0.2) is 60.9 Å². The number of halogens is 1. The fourth-order valence-electron chi connectivity index (χ4n) is 5.36. The van der Waals surface area contributed by atoms with Gasteiger partial charge in [0, 0.05) is 33.5 Å². The number of fused-ring (bicyclic) bond motifs is 1. The van der Waals surface area contributed by atoms with Gasteiger partial charge in [0.15, 0.2) is 5.72 Å².